The molecule has 1 aromatic rings. The number of hydrogen-bond donors (Lipinski definition) is 0. The molecule has 0 fully saturated rings. The third-order valence-corrected chi connectivity index (χ3v) is 3.14. The zero-order valence-electron chi connectivity index (χ0n) is 10.1. The maximum Gasteiger partial charge on any atom is 0.244 e. The van der Waals surface area contributed by atoms with E-state index < -0.39 is 5.38 Å². The van der Waals surface area contributed by atoms with Gasteiger partial charge in [-0.15, -0.1) is 11.6 Å². The summed E-state index contributed by atoms with van der Waals surface area (Å²) < 4.78 is 5.10. The summed E-state index contributed by atoms with van der Waals surface area (Å²) in [4.78, 5) is 13.7. The lowest BCUT2D eigenvalue weighted by Gasteiger charge is -2.18. The maximum absolute atomic E-state index is 11.9. The van der Waals surface area contributed by atoms with Crippen molar-refractivity contribution in [2.24, 2.45) is 0 Å². The van der Waals surface area contributed by atoms with Gasteiger partial charge in [-0.05, 0) is 30.5 Å². The van der Waals surface area contributed by atoms with Crippen molar-refractivity contribution in [3.63, 3.8) is 0 Å². The number of benzene rings is 1. The van der Waals surface area contributed by atoms with Crippen molar-refractivity contribution in [1.29, 1.82) is 0 Å². The van der Waals surface area contributed by atoms with Crippen molar-refractivity contribution in [3.05, 3.63) is 29.3 Å². The molecular weight excluding hydrogens is 238 g/mol. The zero-order chi connectivity index (χ0) is 12.4. The smallest absolute Gasteiger partial charge is 0.244 e. The number of nitrogens with zero attached hydrogens (tertiary/aromatic N) is 1. The zero-order valence-corrected chi connectivity index (χ0v) is 10.8. The van der Waals surface area contributed by atoms with Crippen LogP contribution >= 0.6 is 11.6 Å². The molecule has 1 amide bonds. The molecule has 3 nitrogen and oxygen atoms in total. The van der Waals surface area contributed by atoms with Crippen LogP contribution in [0.15, 0.2) is 18.2 Å². The Labute approximate surface area is 106 Å². The van der Waals surface area contributed by atoms with Crippen molar-refractivity contribution < 1.29 is 9.53 Å². The lowest BCUT2D eigenvalue weighted by molar-refractivity contribution is -0.117. The van der Waals surface area contributed by atoms with Gasteiger partial charge in [0.05, 0.1) is 6.61 Å². The van der Waals surface area contributed by atoms with E-state index in [-0.39, 0.29) is 5.91 Å². The first-order chi connectivity index (χ1) is 8.13. The monoisotopic (exact) mass is 253 g/mol. The molecule has 0 unspecified atom stereocenters. The Bertz CT molecular complexity index is 431. The number of ether oxygens (including phenoxy) is 1. The van der Waals surface area contributed by atoms with Gasteiger partial charge < -0.3 is 9.64 Å². The minimum atomic E-state index is -0.473. The van der Waals surface area contributed by atoms with E-state index >= 15 is 0 Å². The molecule has 0 aromatic heterocycles. The van der Waals surface area contributed by atoms with Crippen LogP contribution in [0.4, 0.5) is 5.69 Å². The van der Waals surface area contributed by atoms with E-state index in [1.807, 2.05) is 12.1 Å². The van der Waals surface area contributed by atoms with Crippen LogP contribution in [0.3, 0.4) is 0 Å². The van der Waals surface area contributed by atoms with Crippen LogP contribution < -0.4 is 4.90 Å². The molecule has 0 saturated carbocycles. The van der Waals surface area contributed by atoms with E-state index in [1.165, 1.54) is 5.56 Å². The van der Waals surface area contributed by atoms with Gasteiger partial charge in [0, 0.05) is 19.3 Å². The molecule has 0 spiro atoms. The molecule has 1 aliphatic heterocycles. The molecule has 17 heavy (non-hydrogen) atoms. The summed E-state index contributed by atoms with van der Waals surface area (Å²) in [6, 6.07) is 6.08. The van der Waals surface area contributed by atoms with E-state index in [2.05, 4.69) is 6.07 Å². The van der Waals surface area contributed by atoms with E-state index in [4.69, 9.17) is 16.3 Å². The van der Waals surface area contributed by atoms with Crippen LogP contribution in [0.2, 0.25) is 0 Å². The van der Waals surface area contributed by atoms with Gasteiger partial charge in [-0.2, -0.15) is 0 Å². The van der Waals surface area contributed by atoms with Gasteiger partial charge in [-0.25, -0.2) is 0 Å². The number of hydrogen-bond acceptors (Lipinski definition) is 2. The number of alkyl halides is 1. The van der Waals surface area contributed by atoms with Crippen molar-refractivity contribution in [2.75, 3.05) is 18.6 Å². The fourth-order valence-electron chi connectivity index (χ4n) is 2.16. The quantitative estimate of drug-likeness (QED) is 0.774. The van der Waals surface area contributed by atoms with Gasteiger partial charge in [0.15, 0.2) is 0 Å². The fourth-order valence-corrected chi connectivity index (χ4v) is 2.27. The maximum atomic E-state index is 11.9. The molecule has 0 N–H and O–H groups in total. The number of fused-ring (bicyclic) bond motifs is 1. The highest BCUT2D eigenvalue weighted by atomic mass is 35.5. The Hall–Kier alpha value is -1.06. The molecule has 92 valence electrons. The largest absolute Gasteiger partial charge is 0.380 e. The van der Waals surface area contributed by atoms with Gasteiger partial charge in [0.2, 0.25) is 5.91 Å². The molecule has 0 aliphatic carbocycles. The molecule has 1 aliphatic rings. The number of amides is 1. The molecule has 0 bridgehead atoms. The van der Waals surface area contributed by atoms with Gasteiger partial charge in [0.25, 0.3) is 0 Å². The molecule has 0 radical (unpaired) electrons. The molecule has 2 rings (SSSR count). The van der Waals surface area contributed by atoms with Gasteiger partial charge in [0.1, 0.15) is 5.38 Å². The van der Waals surface area contributed by atoms with Crippen molar-refractivity contribution in [1.82, 2.24) is 0 Å². The Morgan fingerprint density at radius 2 is 2.35 bits per heavy atom. The topological polar surface area (TPSA) is 29.5 Å². The fraction of sp³-hybridized carbons (Fsp3) is 0.462. The lowest BCUT2D eigenvalue weighted by atomic mass is 10.1. The van der Waals surface area contributed by atoms with Crippen molar-refractivity contribution in [2.45, 2.75) is 25.3 Å². The Morgan fingerprint density at radius 1 is 1.59 bits per heavy atom. The van der Waals surface area contributed by atoms with Crippen LogP contribution in [-0.4, -0.2) is 24.9 Å². The minimum absolute atomic E-state index is 0.0232. The number of methoxy groups -OCH3 is 1. The average Bonchev–Trinajstić information content (AvgIpc) is 2.71. The molecule has 0 saturated heterocycles. The summed E-state index contributed by atoms with van der Waals surface area (Å²) >= 11 is 5.84. The van der Waals surface area contributed by atoms with Crippen LogP contribution in [0.5, 0.6) is 0 Å². The first-order valence-corrected chi connectivity index (χ1v) is 6.13. The minimum Gasteiger partial charge on any atom is -0.380 e. The highest BCUT2D eigenvalue weighted by molar-refractivity contribution is 6.32. The van der Waals surface area contributed by atoms with Crippen LogP contribution in [0.1, 0.15) is 18.1 Å². The predicted molar refractivity (Wildman–Crippen MR) is 68.5 cm³/mol. The SMILES string of the molecule is COCc1ccc2c(c1)CCN2C(=O)[C@@H](C)Cl. The molecule has 1 aromatic carbocycles. The number of anilines is 1. The summed E-state index contributed by atoms with van der Waals surface area (Å²) in [5.41, 5.74) is 3.33. The Morgan fingerprint density at radius 3 is 3.00 bits per heavy atom. The summed E-state index contributed by atoms with van der Waals surface area (Å²) in [5.74, 6) is -0.0232. The molecule has 1 atom stereocenters. The van der Waals surface area contributed by atoms with Crippen LogP contribution in [0, 0.1) is 0 Å². The standard InChI is InChI=1S/C13H16ClNO2/c1-9(14)13(16)15-6-5-11-7-10(8-17-2)3-4-12(11)15/h3-4,7,9H,5-6,8H2,1-2H3/t9-/m1/s1. The van der Waals surface area contributed by atoms with Crippen LogP contribution in [0.25, 0.3) is 0 Å². The number of rotatable bonds is 3. The summed E-state index contributed by atoms with van der Waals surface area (Å²) in [5, 5.41) is -0.473. The van der Waals surface area contributed by atoms with Crippen molar-refractivity contribution >= 4 is 23.2 Å². The third kappa shape index (κ3) is 2.45. The second kappa shape index (κ2) is 5.07. The first-order valence-electron chi connectivity index (χ1n) is 5.69. The summed E-state index contributed by atoms with van der Waals surface area (Å²) in [6.07, 6.45) is 0.891. The Balaban J connectivity index is 2.24. The Kier molecular flexibility index (Phi) is 3.69. The van der Waals surface area contributed by atoms with Gasteiger partial charge >= 0.3 is 0 Å². The third-order valence-electron chi connectivity index (χ3n) is 2.96. The number of halogens is 1. The molecule has 4 heteroatoms. The average molecular weight is 254 g/mol. The second-order valence-corrected chi connectivity index (χ2v) is 4.91. The van der Waals surface area contributed by atoms with E-state index in [1.54, 1.807) is 18.9 Å². The van der Waals surface area contributed by atoms with Gasteiger partial charge in [-0.3, -0.25) is 4.79 Å². The molecule has 1 heterocycles. The number of carbonyl (C=O) groups is 1. The van der Waals surface area contributed by atoms with Crippen molar-refractivity contribution in [3.8, 4) is 0 Å². The van der Waals surface area contributed by atoms with E-state index in [9.17, 15) is 4.79 Å². The predicted octanol–water partition coefficient (Wildman–Crippen LogP) is 2.35. The summed E-state index contributed by atoms with van der Waals surface area (Å²) in [6.45, 7) is 3.04. The lowest BCUT2D eigenvalue weighted by Crippen LogP contribution is -2.34. The van der Waals surface area contributed by atoms with E-state index in [0.29, 0.717) is 6.61 Å². The first kappa shape index (κ1) is 12.4. The highest BCUT2D eigenvalue weighted by Gasteiger charge is 2.26. The summed E-state index contributed by atoms with van der Waals surface area (Å²) in [7, 11) is 1.68. The highest BCUT2D eigenvalue weighted by Crippen LogP contribution is 2.30. The van der Waals surface area contributed by atoms with E-state index in [0.717, 1.165) is 24.2 Å². The number of carbonyl (C=O) groups excluding carboxylic acids is 1. The van der Waals surface area contributed by atoms with Gasteiger partial charge in [-0.1, -0.05) is 12.1 Å². The normalized spacial score (nSPS) is 15.8. The molecular formula is C13H16ClNO2. The van der Waals surface area contributed by atoms with Crippen LogP contribution in [-0.2, 0) is 22.6 Å². The second-order valence-electron chi connectivity index (χ2n) is 4.25.